The van der Waals surface area contributed by atoms with Crippen molar-refractivity contribution < 1.29 is 4.79 Å². The summed E-state index contributed by atoms with van der Waals surface area (Å²) in [5, 5.41) is 1.54. The van der Waals surface area contributed by atoms with E-state index < -0.39 is 0 Å². The van der Waals surface area contributed by atoms with Crippen LogP contribution in [0.1, 0.15) is 17.3 Å². The first-order chi connectivity index (χ1) is 9.66. The van der Waals surface area contributed by atoms with Crippen LogP contribution in [0.3, 0.4) is 0 Å². The molecule has 0 radical (unpaired) electrons. The monoisotopic (exact) mass is 281 g/mol. The van der Waals surface area contributed by atoms with E-state index in [-0.39, 0.29) is 5.78 Å². The van der Waals surface area contributed by atoms with Crippen LogP contribution in [0.25, 0.3) is 22.0 Å². The van der Waals surface area contributed by atoms with Gasteiger partial charge in [0.05, 0.1) is 5.52 Å². The van der Waals surface area contributed by atoms with Gasteiger partial charge in [-0.3, -0.25) is 9.78 Å². The Morgan fingerprint density at radius 3 is 2.55 bits per heavy atom. The summed E-state index contributed by atoms with van der Waals surface area (Å²) in [4.78, 5) is 16.2. The molecule has 3 rings (SSSR count). The second kappa shape index (κ2) is 5.06. The number of benzene rings is 2. The number of rotatable bonds is 2. The number of fused-ring (bicyclic) bond motifs is 1. The summed E-state index contributed by atoms with van der Waals surface area (Å²) in [5.74, 6) is -0.00164. The van der Waals surface area contributed by atoms with Gasteiger partial charge in [-0.15, -0.1) is 0 Å². The molecule has 0 aliphatic carbocycles. The van der Waals surface area contributed by atoms with Gasteiger partial charge < -0.3 is 0 Å². The Morgan fingerprint density at radius 2 is 1.85 bits per heavy atom. The Labute approximate surface area is 122 Å². The van der Waals surface area contributed by atoms with Crippen molar-refractivity contribution in [3.63, 3.8) is 0 Å². The van der Waals surface area contributed by atoms with Crippen molar-refractivity contribution in [2.24, 2.45) is 0 Å². The van der Waals surface area contributed by atoms with Crippen molar-refractivity contribution in [3.8, 4) is 11.1 Å². The molecule has 2 aromatic carbocycles. The second-order valence-corrected chi connectivity index (χ2v) is 5.07. The fourth-order valence-corrected chi connectivity index (χ4v) is 2.52. The lowest BCUT2D eigenvalue weighted by atomic mass is 9.95. The van der Waals surface area contributed by atoms with Crippen LogP contribution >= 0.6 is 11.6 Å². The van der Waals surface area contributed by atoms with Crippen molar-refractivity contribution in [3.05, 3.63) is 65.3 Å². The largest absolute Gasteiger partial charge is 0.294 e. The highest BCUT2D eigenvalue weighted by Crippen LogP contribution is 2.32. The van der Waals surface area contributed by atoms with Gasteiger partial charge in [-0.1, -0.05) is 41.9 Å². The molecule has 0 unspecified atom stereocenters. The maximum Gasteiger partial charge on any atom is 0.161 e. The molecule has 98 valence electrons. The molecule has 2 nitrogen and oxygen atoms in total. The quantitative estimate of drug-likeness (QED) is 0.634. The lowest BCUT2D eigenvalue weighted by Gasteiger charge is -2.11. The van der Waals surface area contributed by atoms with E-state index in [1.54, 1.807) is 19.2 Å². The van der Waals surface area contributed by atoms with Gasteiger partial charge in [0.25, 0.3) is 0 Å². The molecule has 0 bridgehead atoms. The number of Topliss-reactive ketones (excluding diaryl/α,β-unsaturated/α-hetero) is 1. The number of aromatic nitrogens is 1. The fraction of sp³-hybridized carbons (Fsp3) is 0.0588. The van der Waals surface area contributed by atoms with Gasteiger partial charge in [0.15, 0.2) is 5.78 Å². The normalized spacial score (nSPS) is 10.7. The van der Waals surface area contributed by atoms with E-state index in [0.717, 1.165) is 22.0 Å². The summed E-state index contributed by atoms with van der Waals surface area (Å²) in [6, 6.07) is 15.4. The standard InChI is InChI=1S/C17H12ClNO/c1-11(20)15-10-19-16-8-7-13(18)9-14(16)17(15)12-5-3-2-4-6-12/h2-10H,1H3. The number of ketones is 1. The van der Waals surface area contributed by atoms with Crippen molar-refractivity contribution in [2.75, 3.05) is 0 Å². The minimum atomic E-state index is -0.00164. The number of hydrogen-bond acceptors (Lipinski definition) is 2. The van der Waals surface area contributed by atoms with Crippen LogP contribution in [0.4, 0.5) is 0 Å². The number of hydrogen-bond donors (Lipinski definition) is 0. The van der Waals surface area contributed by atoms with Crippen molar-refractivity contribution >= 4 is 28.3 Å². The van der Waals surface area contributed by atoms with Gasteiger partial charge in [0, 0.05) is 27.7 Å². The predicted octanol–water partition coefficient (Wildman–Crippen LogP) is 4.76. The summed E-state index contributed by atoms with van der Waals surface area (Å²) in [6.07, 6.45) is 1.64. The van der Waals surface area contributed by atoms with E-state index in [9.17, 15) is 4.79 Å². The minimum absolute atomic E-state index is 0.00164. The molecule has 3 heteroatoms. The molecule has 0 amide bonds. The first kappa shape index (κ1) is 12.8. The first-order valence-corrected chi connectivity index (χ1v) is 6.69. The van der Waals surface area contributed by atoms with E-state index in [1.807, 2.05) is 42.5 Å². The van der Waals surface area contributed by atoms with E-state index in [4.69, 9.17) is 11.6 Å². The third kappa shape index (κ3) is 2.19. The van der Waals surface area contributed by atoms with E-state index >= 15 is 0 Å². The number of carbonyl (C=O) groups is 1. The van der Waals surface area contributed by atoms with Crippen LogP contribution in [0.2, 0.25) is 5.02 Å². The van der Waals surface area contributed by atoms with Gasteiger partial charge in [-0.05, 0) is 30.7 Å². The molecule has 0 N–H and O–H groups in total. The highest BCUT2D eigenvalue weighted by Gasteiger charge is 2.14. The zero-order valence-corrected chi connectivity index (χ0v) is 11.7. The summed E-state index contributed by atoms with van der Waals surface area (Å²) in [5.41, 5.74) is 3.34. The Balaban J connectivity index is 2.44. The molecule has 0 aliphatic heterocycles. The zero-order chi connectivity index (χ0) is 14.1. The van der Waals surface area contributed by atoms with Gasteiger partial charge in [0.1, 0.15) is 0 Å². The highest BCUT2D eigenvalue weighted by atomic mass is 35.5. The molecule has 0 fully saturated rings. The molecule has 0 aliphatic rings. The van der Waals surface area contributed by atoms with E-state index in [2.05, 4.69) is 4.98 Å². The van der Waals surface area contributed by atoms with Gasteiger partial charge in [-0.2, -0.15) is 0 Å². The van der Waals surface area contributed by atoms with Crippen LogP contribution in [0.15, 0.2) is 54.7 Å². The first-order valence-electron chi connectivity index (χ1n) is 6.31. The zero-order valence-electron chi connectivity index (χ0n) is 10.9. The molecule has 0 spiro atoms. The predicted molar refractivity (Wildman–Crippen MR) is 82.2 cm³/mol. The van der Waals surface area contributed by atoms with Gasteiger partial charge in [0.2, 0.25) is 0 Å². The number of pyridine rings is 1. The molecule has 0 saturated heterocycles. The second-order valence-electron chi connectivity index (χ2n) is 4.63. The number of nitrogens with zero attached hydrogens (tertiary/aromatic N) is 1. The Bertz CT molecular complexity index is 797. The smallest absolute Gasteiger partial charge is 0.161 e. The molecule has 1 heterocycles. The third-order valence-electron chi connectivity index (χ3n) is 3.27. The molecule has 3 aromatic rings. The van der Waals surface area contributed by atoms with Crippen molar-refractivity contribution in [2.45, 2.75) is 6.92 Å². The van der Waals surface area contributed by atoms with E-state index in [0.29, 0.717) is 10.6 Å². The molecule has 0 atom stereocenters. The highest BCUT2D eigenvalue weighted by molar-refractivity contribution is 6.31. The van der Waals surface area contributed by atoms with Crippen LogP contribution in [0, 0.1) is 0 Å². The topological polar surface area (TPSA) is 30.0 Å². The summed E-state index contributed by atoms with van der Waals surface area (Å²) in [6.45, 7) is 1.56. The van der Waals surface area contributed by atoms with Crippen LogP contribution in [-0.4, -0.2) is 10.8 Å². The lowest BCUT2D eigenvalue weighted by Crippen LogP contribution is -1.99. The molecule has 20 heavy (non-hydrogen) atoms. The SMILES string of the molecule is CC(=O)c1cnc2ccc(Cl)cc2c1-c1ccccc1. The van der Waals surface area contributed by atoms with Crippen molar-refractivity contribution in [1.29, 1.82) is 0 Å². The average Bonchev–Trinajstić information content (AvgIpc) is 2.46. The van der Waals surface area contributed by atoms with Crippen molar-refractivity contribution in [1.82, 2.24) is 4.98 Å². The van der Waals surface area contributed by atoms with Crippen LogP contribution < -0.4 is 0 Å². The summed E-state index contributed by atoms with van der Waals surface area (Å²) < 4.78 is 0. The Hall–Kier alpha value is -2.19. The maximum absolute atomic E-state index is 11.9. The summed E-state index contributed by atoms with van der Waals surface area (Å²) in [7, 11) is 0. The Morgan fingerprint density at radius 1 is 1.10 bits per heavy atom. The third-order valence-corrected chi connectivity index (χ3v) is 3.51. The Kier molecular flexibility index (Phi) is 3.25. The molecule has 1 aromatic heterocycles. The maximum atomic E-state index is 11.9. The molecule has 0 saturated carbocycles. The van der Waals surface area contributed by atoms with E-state index in [1.165, 1.54) is 0 Å². The average molecular weight is 282 g/mol. The van der Waals surface area contributed by atoms with Crippen LogP contribution in [-0.2, 0) is 0 Å². The molecular weight excluding hydrogens is 270 g/mol. The fourth-order valence-electron chi connectivity index (χ4n) is 2.35. The van der Waals surface area contributed by atoms with Gasteiger partial charge in [-0.25, -0.2) is 0 Å². The summed E-state index contributed by atoms with van der Waals surface area (Å²) >= 11 is 6.10. The number of carbonyl (C=O) groups excluding carboxylic acids is 1. The van der Waals surface area contributed by atoms with Crippen LogP contribution in [0.5, 0.6) is 0 Å². The lowest BCUT2D eigenvalue weighted by molar-refractivity contribution is 0.101. The minimum Gasteiger partial charge on any atom is -0.294 e. The number of halogens is 1. The molecular formula is C17H12ClNO. The van der Waals surface area contributed by atoms with Gasteiger partial charge >= 0.3 is 0 Å².